The molecule has 2 atom stereocenters. The molecule has 1 aromatic heterocycles. The van der Waals surface area contributed by atoms with Crippen molar-refractivity contribution in [1.29, 1.82) is 5.26 Å². The first-order valence-corrected chi connectivity index (χ1v) is 12.9. The summed E-state index contributed by atoms with van der Waals surface area (Å²) in [5, 5.41) is 10.2. The normalized spacial score (nSPS) is 17.0. The third-order valence-corrected chi connectivity index (χ3v) is 8.35. The highest BCUT2D eigenvalue weighted by Gasteiger charge is 2.47. The third kappa shape index (κ3) is 3.95. The maximum atomic E-state index is 14.1. The van der Waals surface area contributed by atoms with Crippen LogP contribution in [0, 0.1) is 17.1 Å². The summed E-state index contributed by atoms with van der Waals surface area (Å²) >= 11 is 12.2. The summed E-state index contributed by atoms with van der Waals surface area (Å²) in [6.45, 7) is 0. The zero-order valence-electron chi connectivity index (χ0n) is 18.3. The number of hydrogen-bond acceptors (Lipinski definition) is 4. The van der Waals surface area contributed by atoms with Gasteiger partial charge in [-0.3, -0.25) is 9.36 Å². The van der Waals surface area contributed by atoms with E-state index in [1.165, 1.54) is 22.8 Å². The summed E-state index contributed by atoms with van der Waals surface area (Å²) in [7, 11) is -4.38. The average molecular weight is 540 g/mol. The van der Waals surface area contributed by atoms with E-state index in [0.29, 0.717) is 21.2 Å². The molecule has 5 rings (SSSR count). The van der Waals surface area contributed by atoms with Crippen LogP contribution in [0.15, 0.2) is 94.6 Å². The number of hydrogen-bond donors (Lipinski definition) is 0. The lowest BCUT2D eigenvalue weighted by Crippen LogP contribution is -2.33. The van der Waals surface area contributed by atoms with Crippen molar-refractivity contribution < 1.29 is 12.8 Å². The summed E-state index contributed by atoms with van der Waals surface area (Å²) < 4.78 is 44.8. The molecule has 0 radical (unpaired) electrons. The van der Waals surface area contributed by atoms with Crippen LogP contribution in [0.2, 0.25) is 10.0 Å². The lowest BCUT2D eigenvalue weighted by molar-refractivity contribution is 0.529. The van der Waals surface area contributed by atoms with Crippen molar-refractivity contribution in [2.45, 2.75) is 17.0 Å². The Balaban J connectivity index is 1.81. The predicted molar refractivity (Wildman–Crippen MR) is 135 cm³/mol. The Morgan fingerprint density at radius 3 is 2.00 bits per heavy atom. The minimum Gasteiger partial charge on any atom is -0.284 e. The van der Waals surface area contributed by atoms with E-state index in [0.717, 1.165) is 22.5 Å². The average Bonchev–Trinajstić information content (AvgIpc) is 3.22. The van der Waals surface area contributed by atoms with Gasteiger partial charge in [0.15, 0.2) is 0 Å². The second-order valence-electron chi connectivity index (χ2n) is 8.14. The van der Waals surface area contributed by atoms with Gasteiger partial charge in [-0.1, -0.05) is 53.5 Å². The van der Waals surface area contributed by atoms with E-state index in [9.17, 15) is 22.9 Å². The number of nitrogens with zero attached hydrogens (tertiary/aromatic N) is 3. The number of fused-ring (bicyclic) bond motifs is 1. The Morgan fingerprint density at radius 1 is 0.833 bits per heavy atom. The second kappa shape index (κ2) is 9.10. The van der Waals surface area contributed by atoms with Crippen LogP contribution in [0.1, 0.15) is 28.8 Å². The summed E-state index contributed by atoms with van der Waals surface area (Å²) in [6.07, 6.45) is 0. The highest BCUT2D eigenvalue weighted by atomic mass is 35.5. The first kappa shape index (κ1) is 24.1. The van der Waals surface area contributed by atoms with Gasteiger partial charge in [0.1, 0.15) is 17.7 Å². The number of rotatable bonds is 4. The van der Waals surface area contributed by atoms with Crippen molar-refractivity contribution in [2.24, 2.45) is 0 Å². The van der Waals surface area contributed by atoms with Crippen molar-refractivity contribution in [3.8, 4) is 6.07 Å². The third-order valence-electron chi connectivity index (χ3n) is 6.06. The number of pyridine rings is 1. The molecule has 1 aliphatic rings. The van der Waals surface area contributed by atoms with Crippen LogP contribution in [-0.2, 0) is 10.0 Å². The van der Waals surface area contributed by atoms with Crippen LogP contribution in [-0.4, -0.2) is 13.0 Å². The monoisotopic (exact) mass is 539 g/mol. The Bertz CT molecular complexity index is 1680. The van der Waals surface area contributed by atoms with Gasteiger partial charge in [-0.15, -0.1) is 0 Å². The number of halogens is 3. The van der Waals surface area contributed by atoms with Crippen LogP contribution in [0.25, 0.3) is 0 Å². The molecular weight excluding hydrogens is 524 g/mol. The van der Waals surface area contributed by atoms with E-state index >= 15 is 0 Å². The summed E-state index contributed by atoms with van der Waals surface area (Å²) in [5.74, 6) is -0.701. The van der Waals surface area contributed by atoms with Crippen molar-refractivity contribution >= 4 is 39.0 Å². The molecule has 0 bridgehead atoms. The molecule has 180 valence electrons. The fourth-order valence-electron chi connectivity index (χ4n) is 4.47. The van der Waals surface area contributed by atoms with Crippen molar-refractivity contribution in [2.75, 3.05) is 4.31 Å². The highest BCUT2D eigenvalue weighted by Crippen LogP contribution is 2.49. The fourth-order valence-corrected chi connectivity index (χ4v) is 6.38. The first-order chi connectivity index (χ1) is 17.2. The molecule has 0 amide bonds. The molecule has 0 unspecified atom stereocenters. The van der Waals surface area contributed by atoms with Gasteiger partial charge in [-0.25, -0.2) is 17.1 Å². The highest BCUT2D eigenvalue weighted by molar-refractivity contribution is 7.92. The molecular formula is C26H16Cl2FN3O3S. The molecule has 2 heterocycles. The van der Waals surface area contributed by atoms with Gasteiger partial charge in [-0.05, 0) is 59.7 Å². The number of aromatic nitrogens is 1. The predicted octanol–water partition coefficient (Wildman–Crippen LogP) is 5.71. The lowest BCUT2D eigenvalue weighted by Gasteiger charge is -2.29. The number of nitriles is 1. The topological polar surface area (TPSA) is 83.2 Å². The van der Waals surface area contributed by atoms with E-state index in [-0.39, 0.29) is 10.7 Å². The Labute approximate surface area is 216 Å². The lowest BCUT2D eigenvalue weighted by atomic mass is 9.94. The molecule has 0 N–H and O–H groups in total. The minimum absolute atomic E-state index is 0.130. The van der Waals surface area contributed by atoms with Gasteiger partial charge in [0, 0.05) is 16.1 Å². The van der Waals surface area contributed by atoms with Crippen LogP contribution in [0.5, 0.6) is 0 Å². The number of sulfonamides is 1. The summed E-state index contributed by atoms with van der Waals surface area (Å²) in [6, 6.07) is 20.9. The van der Waals surface area contributed by atoms with Crippen LogP contribution in [0.3, 0.4) is 0 Å². The van der Waals surface area contributed by atoms with E-state index in [4.69, 9.17) is 23.2 Å². The molecule has 0 spiro atoms. The second-order valence-corrected chi connectivity index (χ2v) is 10.8. The Kier molecular flexibility index (Phi) is 6.08. The number of benzene rings is 3. The van der Waals surface area contributed by atoms with E-state index < -0.39 is 39.0 Å². The molecule has 0 saturated heterocycles. The number of anilines is 1. The maximum Gasteiger partial charge on any atom is 0.266 e. The molecule has 36 heavy (non-hydrogen) atoms. The molecule has 6 nitrogen and oxygen atoms in total. The molecule has 10 heteroatoms. The van der Waals surface area contributed by atoms with Gasteiger partial charge < -0.3 is 0 Å². The van der Waals surface area contributed by atoms with Crippen LogP contribution < -0.4 is 9.86 Å². The van der Waals surface area contributed by atoms with Crippen LogP contribution >= 0.6 is 23.2 Å². The molecule has 0 fully saturated rings. The van der Waals surface area contributed by atoms with Crippen LogP contribution in [0.4, 0.5) is 10.2 Å². The fraction of sp³-hybridized carbons (Fsp3) is 0.0769. The molecule has 0 saturated carbocycles. The Morgan fingerprint density at radius 2 is 1.42 bits per heavy atom. The molecule has 1 aliphatic heterocycles. The van der Waals surface area contributed by atoms with E-state index in [1.54, 1.807) is 54.6 Å². The molecule has 0 aliphatic carbocycles. The molecule has 4 aromatic rings. The zero-order valence-corrected chi connectivity index (χ0v) is 20.7. The summed E-state index contributed by atoms with van der Waals surface area (Å²) in [5.41, 5.74) is 0.427. The van der Waals surface area contributed by atoms with Gasteiger partial charge >= 0.3 is 0 Å². The van der Waals surface area contributed by atoms with Gasteiger partial charge in [0.2, 0.25) is 0 Å². The first-order valence-electron chi connectivity index (χ1n) is 10.7. The van der Waals surface area contributed by atoms with E-state index in [1.807, 2.05) is 0 Å². The van der Waals surface area contributed by atoms with Gasteiger partial charge in [0.25, 0.3) is 15.6 Å². The van der Waals surface area contributed by atoms with Crippen molar-refractivity contribution in [3.05, 3.63) is 128 Å². The van der Waals surface area contributed by atoms with Gasteiger partial charge in [0.05, 0.1) is 22.5 Å². The smallest absolute Gasteiger partial charge is 0.266 e. The quantitative estimate of drug-likeness (QED) is 0.332. The Hall–Kier alpha value is -3.64. The summed E-state index contributed by atoms with van der Waals surface area (Å²) in [4.78, 5) is 12.9. The zero-order chi connectivity index (χ0) is 25.6. The minimum atomic E-state index is -4.38. The maximum absolute atomic E-state index is 14.1. The van der Waals surface area contributed by atoms with Gasteiger partial charge in [-0.2, -0.15) is 5.26 Å². The standard InChI is InChI=1S/C26H16Cl2FN3O3S/c27-19-8-4-16(5-9-19)25-26(17-6-10-20(28)11-7-17)32(23-2-1-3-24(33)31(23)25)36(34,35)21-12-13-22(29)18(14-21)15-30/h1-14,25-26H/t25-,26+/m1/s1. The van der Waals surface area contributed by atoms with Crippen molar-refractivity contribution in [1.82, 2.24) is 4.57 Å². The molecule has 3 aromatic carbocycles. The SMILES string of the molecule is N#Cc1cc(S(=O)(=O)N2c3cccc(=O)n3[C@H](c3ccc(Cl)cc3)[C@@H]2c2ccc(Cl)cc2)ccc1F. The largest absolute Gasteiger partial charge is 0.284 e. The van der Waals surface area contributed by atoms with Crippen molar-refractivity contribution in [3.63, 3.8) is 0 Å². The van der Waals surface area contributed by atoms with E-state index in [2.05, 4.69) is 0 Å².